The lowest BCUT2D eigenvalue weighted by molar-refractivity contribution is -0.136. The minimum atomic E-state index is -0.680. The highest BCUT2D eigenvalue weighted by Gasteiger charge is 2.42. The van der Waals surface area contributed by atoms with Crippen LogP contribution in [-0.4, -0.2) is 24.8 Å². The van der Waals surface area contributed by atoms with Crippen molar-refractivity contribution in [2.24, 2.45) is 4.99 Å². The topological polar surface area (TPSA) is 43.0 Å². The second kappa shape index (κ2) is 6.29. The molecule has 0 fully saturated rings. The number of methoxy groups -OCH3 is 1. The molecule has 2 rings (SSSR count). The average Bonchev–Trinajstić information content (AvgIpc) is 2.46. The van der Waals surface area contributed by atoms with Crippen molar-refractivity contribution >= 4 is 23.3 Å². The van der Waals surface area contributed by atoms with Crippen molar-refractivity contribution in [2.45, 2.75) is 25.8 Å². The number of allylic oxidation sites excluding steroid dienone is 1. The third kappa shape index (κ3) is 2.75. The van der Waals surface area contributed by atoms with Gasteiger partial charge in [0.2, 0.25) is 0 Å². The van der Waals surface area contributed by atoms with Gasteiger partial charge in [-0.05, 0) is 31.5 Å². The van der Waals surface area contributed by atoms with E-state index in [4.69, 9.17) is 22.9 Å². The van der Waals surface area contributed by atoms with Crippen LogP contribution in [0.3, 0.4) is 0 Å². The molecule has 0 saturated carbocycles. The molecule has 0 spiro atoms. The molecule has 2 atom stereocenters. The summed E-state index contributed by atoms with van der Waals surface area (Å²) in [6.45, 7) is 10.8. The van der Waals surface area contributed by atoms with E-state index in [9.17, 15) is 9.18 Å². The smallest absolute Gasteiger partial charge is 0.336 e. The van der Waals surface area contributed by atoms with Crippen molar-refractivity contribution in [2.75, 3.05) is 7.11 Å². The summed E-state index contributed by atoms with van der Waals surface area (Å²) in [6.07, 6.45) is 0. The molecule has 114 valence electrons. The van der Waals surface area contributed by atoms with Crippen LogP contribution in [0.25, 0.3) is 4.85 Å². The van der Waals surface area contributed by atoms with Crippen LogP contribution in [0, 0.1) is 12.4 Å². The Morgan fingerprint density at radius 3 is 2.68 bits per heavy atom. The van der Waals surface area contributed by atoms with E-state index in [2.05, 4.69) is 9.84 Å². The normalized spacial score (nSPS) is 21.2. The first-order valence-corrected chi connectivity index (χ1v) is 6.94. The quantitative estimate of drug-likeness (QED) is 0.615. The molecule has 1 aliphatic rings. The molecule has 0 amide bonds. The van der Waals surface area contributed by atoms with Crippen LogP contribution < -0.4 is 0 Å². The standard InChI is InChI=1S/C16H14ClFN2O2/c1-8-13(16(21)22-4)14(15(19-3)9(2)20-8)11-6-5-10(18)7-12(11)17/h5-7,14-15H,1-2,4H3. The molecule has 0 aliphatic carbocycles. The number of nitrogens with zero attached hydrogens (tertiary/aromatic N) is 2. The number of hydrogen-bond acceptors (Lipinski definition) is 3. The largest absolute Gasteiger partial charge is 0.466 e. The Kier molecular flexibility index (Phi) is 4.62. The molecule has 1 aromatic carbocycles. The van der Waals surface area contributed by atoms with Crippen LogP contribution in [0.15, 0.2) is 34.5 Å². The Morgan fingerprint density at radius 1 is 1.45 bits per heavy atom. The fourth-order valence-corrected chi connectivity index (χ4v) is 2.93. The van der Waals surface area contributed by atoms with Crippen LogP contribution in [0.5, 0.6) is 0 Å². The molecule has 1 aliphatic heterocycles. The summed E-state index contributed by atoms with van der Waals surface area (Å²) < 4.78 is 18.1. The summed E-state index contributed by atoms with van der Waals surface area (Å²) >= 11 is 6.14. The van der Waals surface area contributed by atoms with Crippen molar-refractivity contribution in [1.29, 1.82) is 0 Å². The van der Waals surface area contributed by atoms with Crippen molar-refractivity contribution < 1.29 is 13.9 Å². The van der Waals surface area contributed by atoms with E-state index < -0.39 is 23.7 Å². The van der Waals surface area contributed by atoms with Gasteiger partial charge in [0.05, 0.1) is 18.4 Å². The molecule has 1 aromatic rings. The number of benzene rings is 1. The number of hydrogen-bond donors (Lipinski definition) is 0. The fraction of sp³-hybridized carbons (Fsp3) is 0.312. The fourth-order valence-electron chi connectivity index (χ4n) is 2.65. The van der Waals surface area contributed by atoms with E-state index in [1.807, 2.05) is 0 Å². The number of halogens is 2. The summed E-state index contributed by atoms with van der Waals surface area (Å²) in [4.78, 5) is 20.0. The van der Waals surface area contributed by atoms with Gasteiger partial charge in [0.1, 0.15) is 11.7 Å². The number of carbonyl (C=O) groups is 1. The molecule has 0 bridgehead atoms. The van der Waals surface area contributed by atoms with E-state index in [0.29, 0.717) is 17.0 Å². The lowest BCUT2D eigenvalue weighted by Crippen LogP contribution is -2.32. The highest BCUT2D eigenvalue weighted by molar-refractivity contribution is 6.31. The number of rotatable bonds is 2. The maximum atomic E-state index is 13.3. The van der Waals surface area contributed by atoms with Gasteiger partial charge in [-0.3, -0.25) is 4.99 Å². The molecular formula is C16H14ClFN2O2. The van der Waals surface area contributed by atoms with E-state index in [1.165, 1.54) is 25.3 Å². The highest BCUT2D eigenvalue weighted by atomic mass is 35.5. The lowest BCUT2D eigenvalue weighted by atomic mass is 9.80. The maximum absolute atomic E-state index is 13.3. The Balaban J connectivity index is 2.69. The van der Waals surface area contributed by atoms with E-state index in [1.54, 1.807) is 13.8 Å². The third-order valence-electron chi connectivity index (χ3n) is 3.63. The first-order valence-electron chi connectivity index (χ1n) is 6.56. The van der Waals surface area contributed by atoms with Crippen molar-refractivity contribution in [3.63, 3.8) is 0 Å². The summed E-state index contributed by atoms with van der Waals surface area (Å²) in [5, 5.41) is 0.169. The molecule has 0 saturated heterocycles. The molecule has 22 heavy (non-hydrogen) atoms. The van der Waals surface area contributed by atoms with Crippen LogP contribution >= 0.6 is 11.6 Å². The van der Waals surface area contributed by atoms with Gasteiger partial charge < -0.3 is 9.58 Å². The van der Waals surface area contributed by atoms with Crippen molar-refractivity contribution in [1.82, 2.24) is 0 Å². The molecule has 4 nitrogen and oxygen atoms in total. The van der Waals surface area contributed by atoms with Crippen LogP contribution in [-0.2, 0) is 9.53 Å². The molecule has 0 N–H and O–H groups in total. The zero-order chi connectivity index (χ0) is 16.4. The number of carbonyl (C=O) groups excluding carboxylic acids is 1. The predicted molar refractivity (Wildman–Crippen MR) is 82.4 cm³/mol. The molecule has 1 heterocycles. The predicted octanol–water partition coefficient (Wildman–Crippen LogP) is 3.77. The van der Waals surface area contributed by atoms with Gasteiger partial charge in [-0.2, -0.15) is 0 Å². The van der Waals surface area contributed by atoms with E-state index >= 15 is 0 Å². The minimum absolute atomic E-state index is 0.169. The maximum Gasteiger partial charge on any atom is 0.336 e. The van der Waals surface area contributed by atoms with Gasteiger partial charge in [-0.1, -0.05) is 17.7 Å². The molecule has 2 unspecified atom stereocenters. The van der Waals surface area contributed by atoms with E-state index in [0.717, 1.165) is 0 Å². The molecule has 0 aromatic heterocycles. The summed E-state index contributed by atoms with van der Waals surface area (Å²) in [6, 6.07) is 3.24. The monoisotopic (exact) mass is 320 g/mol. The first kappa shape index (κ1) is 16.2. The van der Waals surface area contributed by atoms with Gasteiger partial charge >= 0.3 is 5.97 Å². The number of ether oxygens (including phenoxy) is 1. The number of aliphatic imine (C=N–C) groups is 1. The van der Waals surface area contributed by atoms with Gasteiger partial charge in [-0.25, -0.2) is 15.8 Å². The first-order chi connectivity index (χ1) is 10.4. The molecular weight excluding hydrogens is 307 g/mol. The lowest BCUT2D eigenvalue weighted by Gasteiger charge is -2.26. The number of esters is 1. The molecule has 6 heteroatoms. The Morgan fingerprint density at radius 2 is 2.14 bits per heavy atom. The van der Waals surface area contributed by atoms with Gasteiger partial charge in [0.25, 0.3) is 6.04 Å². The average molecular weight is 321 g/mol. The third-order valence-corrected chi connectivity index (χ3v) is 3.96. The van der Waals surface area contributed by atoms with E-state index in [-0.39, 0.29) is 10.6 Å². The summed E-state index contributed by atoms with van der Waals surface area (Å²) in [5.74, 6) is -1.67. The summed E-state index contributed by atoms with van der Waals surface area (Å²) in [5.41, 5.74) is 1.86. The zero-order valence-electron chi connectivity index (χ0n) is 12.4. The van der Waals surface area contributed by atoms with Gasteiger partial charge in [0, 0.05) is 10.7 Å². The van der Waals surface area contributed by atoms with Crippen LogP contribution in [0.4, 0.5) is 4.39 Å². The minimum Gasteiger partial charge on any atom is -0.466 e. The second-order valence-corrected chi connectivity index (χ2v) is 5.37. The summed E-state index contributed by atoms with van der Waals surface area (Å²) in [7, 11) is 1.27. The molecule has 0 radical (unpaired) electrons. The van der Waals surface area contributed by atoms with Crippen LogP contribution in [0.1, 0.15) is 25.3 Å². The van der Waals surface area contributed by atoms with Gasteiger partial charge in [0.15, 0.2) is 0 Å². The zero-order valence-corrected chi connectivity index (χ0v) is 13.1. The second-order valence-electron chi connectivity index (χ2n) is 4.96. The Hall–Kier alpha value is -2.19. The van der Waals surface area contributed by atoms with Crippen molar-refractivity contribution in [3.8, 4) is 0 Å². The Labute approximate surface area is 133 Å². The van der Waals surface area contributed by atoms with Gasteiger partial charge in [-0.15, -0.1) is 0 Å². The van der Waals surface area contributed by atoms with Crippen molar-refractivity contribution in [3.05, 3.63) is 57.3 Å². The Bertz CT molecular complexity index is 734. The SMILES string of the molecule is [C-]#[N+]C1C(C)=NC(C)=C(C(=O)OC)C1c1ccc(F)cc1Cl. The highest BCUT2D eigenvalue weighted by Crippen LogP contribution is 2.40. The van der Waals surface area contributed by atoms with Crippen LogP contribution in [0.2, 0.25) is 5.02 Å².